The molecule has 0 spiro atoms. The fourth-order valence-corrected chi connectivity index (χ4v) is 3.62. The smallest absolute Gasteiger partial charge is 0.269 e. The summed E-state index contributed by atoms with van der Waals surface area (Å²) in [4.78, 5) is 24.7. The van der Waals surface area contributed by atoms with E-state index in [9.17, 15) is 9.59 Å². The molecule has 1 heterocycles. The van der Waals surface area contributed by atoms with Crippen molar-refractivity contribution >= 4 is 27.5 Å². The molecule has 0 fully saturated rings. The van der Waals surface area contributed by atoms with E-state index < -0.39 is 6.04 Å². The monoisotopic (exact) mass is 340 g/mol. The Morgan fingerprint density at radius 1 is 1.17 bits per heavy atom. The van der Waals surface area contributed by atoms with Gasteiger partial charge in [0.1, 0.15) is 6.04 Å². The van der Waals surface area contributed by atoms with Gasteiger partial charge in [-0.3, -0.25) is 13.5 Å². The van der Waals surface area contributed by atoms with Crippen molar-refractivity contribution in [1.82, 2.24) is 9.27 Å². The Hall–Kier alpha value is -2.40. The fourth-order valence-electron chi connectivity index (χ4n) is 2.58. The maximum absolute atomic E-state index is 12.4. The number of nitrogens with zero attached hydrogens (tertiary/aromatic N) is 1. The fraction of sp³-hybridized carbons (Fsp3) is 0.263. The Kier molecular flexibility index (Phi) is 4.81. The normalized spacial score (nSPS) is 12.2. The quantitative estimate of drug-likeness (QED) is 0.775. The van der Waals surface area contributed by atoms with E-state index in [1.54, 1.807) is 16.9 Å². The summed E-state index contributed by atoms with van der Waals surface area (Å²) in [6.07, 6.45) is 0.778. The van der Waals surface area contributed by atoms with Crippen LogP contribution < -0.4 is 10.9 Å². The lowest BCUT2D eigenvalue weighted by Crippen LogP contribution is -2.34. The molecule has 3 aromatic rings. The minimum atomic E-state index is -0.507. The van der Waals surface area contributed by atoms with Crippen LogP contribution in [0, 0.1) is 6.92 Å². The van der Waals surface area contributed by atoms with Crippen molar-refractivity contribution in [2.75, 3.05) is 6.54 Å². The lowest BCUT2D eigenvalue weighted by molar-refractivity contribution is -0.123. The molecule has 0 aliphatic carbocycles. The van der Waals surface area contributed by atoms with E-state index >= 15 is 0 Å². The molecule has 1 atom stereocenters. The van der Waals surface area contributed by atoms with Gasteiger partial charge in [-0.25, -0.2) is 0 Å². The largest absolute Gasteiger partial charge is 0.354 e. The van der Waals surface area contributed by atoms with Gasteiger partial charge in [-0.1, -0.05) is 53.5 Å². The maximum Gasteiger partial charge on any atom is 0.269 e. The lowest BCUT2D eigenvalue weighted by atomic mass is 10.1. The molecule has 0 saturated heterocycles. The van der Waals surface area contributed by atoms with E-state index in [0.717, 1.165) is 11.1 Å². The van der Waals surface area contributed by atoms with E-state index in [0.29, 0.717) is 11.9 Å². The molecule has 0 aliphatic heterocycles. The van der Waals surface area contributed by atoms with Crippen LogP contribution in [0.1, 0.15) is 24.1 Å². The molecule has 3 rings (SSSR count). The molecule has 1 aromatic heterocycles. The van der Waals surface area contributed by atoms with Crippen LogP contribution in [0.4, 0.5) is 0 Å². The molecule has 1 N–H and O–H groups in total. The molecular weight excluding hydrogens is 320 g/mol. The van der Waals surface area contributed by atoms with Gasteiger partial charge in [0.2, 0.25) is 5.91 Å². The summed E-state index contributed by atoms with van der Waals surface area (Å²) >= 11 is 1.34. The third-order valence-corrected chi connectivity index (χ3v) is 5.31. The highest BCUT2D eigenvalue weighted by Gasteiger charge is 2.19. The van der Waals surface area contributed by atoms with Gasteiger partial charge in [0.15, 0.2) is 0 Å². The van der Waals surface area contributed by atoms with Gasteiger partial charge in [0.05, 0.1) is 10.1 Å². The number of hydrogen-bond donors (Lipinski definition) is 1. The van der Waals surface area contributed by atoms with Gasteiger partial charge < -0.3 is 5.32 Å². The van der Waals surface area contributed by atoms with Crippen molar-refractivity contribution in [2.24, 2.45) is 0 Å². The van der Waals surface area contributed by atoms with Crippen LogP contribution >= 0.6 is 11.5 Å². The van der Waals surface area contributed by atoms with Crippen LogP contribution in [-0.4, -0.2) is 16.4 Å². The average Bonchev–Trinajstić information content (AvgIpc) is 2.93. The molecular formula is C19H20N2O2S. The zero-order chi connectivity index (χ0) is 17.1. The molecule has 0 unspecified atom stereocenters. The van der Waals surface area contributed by atoms with Gasteiger partial charge in [0.25, 0.3) is 5.56 Å². The molecule has 0 aliphatic rings. The number of rotatable bonds is 5. The summed E-state index contributed by atoms with van der Waals surface area (Å²) < 4.78 is 2.45. The summed E-state index contributed by atoms with van der Waals surface area (Å²) in [6, 6.07) is 15.2. The standard InChI is InChI=1S/C19H20N2O2S/c1-13-7-9-15(10-8-13)11-12-20-18(22)14(2)21-19(23)16-5-3-4-6-17(16)24-21/h3-10,14H,11-12H2,1-2H3,(H,20,22)/t14-/m1/s1. The molecule has 5 heteroatoms. The van der Waals surface area contributed by atoms with Crippen LogP contribution in [0.5, 0.6) is 0 Å². The van der Waals surface area contributed by atoms with Crippen molar-refractivity contribution in [1.29, 1.82) is 0 Å². The van der Waals surface area contributed by atoms with Crippen LogP contribution in [0.15, 0.2) is 53.3 Å². The highest BCUT2D eigenvalue weighted by molar-refractivity contribution is 7.14. The van der Waals surface area contributed by atoms with Crippen molar-refractivity contribution in [3.63, 3.8) is 0 Å². The first kappa shape index (κ1) is 16.5. The van der Waals surface area contributed by atoms with Gasteiger partial charge in [-0.05, 0) is 38.0 Å². The first-order chi connectivity index (χ1) is 11.6. The summed E-state index contributed by atoms with van der Waals surface area (Å²) in [5.41, 5.74) is 2.31. The zero-order valence-electron chi connectivity index (χ0n) is 13.8. The molecule has 4 nitrogen and oxygen atoms in total. The summed E-state index contributed by atoms with van der Waals surface area (Å²) in [7, 11) is 0. The first-order valence-electron chi connectivity index (χ1n) is 8.00. The zero-order valence-corrected chi connectivity index (χ0v) is 14.6. The van der Waals surface area contributed by atoms with Gasteiger partial charge >= 0.3 is 0 Å². The number of carbonyl (C=O) groups is 1. The van der Waals surface area contributed by atoms with E-state index in [-0.39, 0.29) is 11.5 Å². The van der Waals surface area contributed by atoms with Crippen molar-refractivity contribution < 1.29 is 4.79 Å². The highest BCUT2D eigenvalue weighted by Crippen LogP contribution is 2.19. The Balaban J connectivity index is 1.64. The van der Waals surface area contributed by atoms with E-state index in [2.05, 4.69) is 36.5 Å². The molecule has 2 aromatic carbocycles. The van der Waals surface area contributed by atoms with Crippen molar-refractivity contribution in [3.8, 4) is 0 Å². The van der Waals surface area contributed by atoms with Crippen LogP contribution in [0.2, 0.25) is 0 Å². The number of hydrogen-bond acceptors (Lipinski definition) is 3. The number of aryl methyl sites for hydroxylation is 1. The predicted molar refractivity (Wildman–Crippen MR) is 98.7 cm³/mol. The molecule has 0 radical (unpaired) electrons. The number of amides is 1. The van der Waals surface area contributed by atoms with Crippen molar-refractivity contribution in [3.05, 3.63) is 70.0 Å². The first-order valence-corrected chi connectivity index (χ1v) is 8.77. The molecule has 0 bridgehead atoms. The SMILES string of the molecule is Cc1ccc(CCNC(=O)[C@@H](C)n2sc3ccccc3c2=O)cc1. The second kappa shape index (κ2) is 7.01. The number of aromatic nitrogens is 1. The molecule has 124 valence electrons. The van der Waals surface area contributed by atoms with Crippen LogP contribution in [0.25, 0.3) is 10.1 Å². The molecule has 24 heavy (non-hydrogen) atoms. The minimum Gasteiger partial charge on any atom is -0.354 e. The van der Waals surface area contributed by atoms with Crippen LogP contribution in [0.3, 0.4) is 0 Å². The predicted octanol–water partition coefficient (Wildman–Crippen LogP) is 3.29. The molecule has 1 amide bonds. The van der Waals surface area contributed by atoms with Gasteiger partial charge in [-0.15, -0.1) is 0 Å². The Bertz CT molecular complexity index is 909. The van der Waals surface area contributed by atoms with Gasteiger partial charge in [0, 0.05) is 6.54 Å². The number of carbonyl (C=O) groups excluding carboxylic acids is 1. The second-order valence-corrected chi connectivity index (χ2v) is 6.94. The maximum atomic E-state index is 12.4. The summed E-state index contributed by atoms with van der Waals surface area (Å²) in [5.74, 6) is -0.129. The molecule has 0 saturated carbocycles. The average molecular weight is 340 g/mol. The van der Waals surface area contributed by atoms with Crippen molar-refractivity contribution in [2.45, 2.75) is 26.3 Å². The third kappa shape index (κ3) is 3.41. The summed E-state index contributed by atoms with van der Waals surface area (Å²) in [6.45, 7) is 4.37. The Morgan fingerprint density at radius 2 is 1.88 bits per heavy atom. The lowest BCUT2D eigenvalue weighted by Gasteiger charge is -2.12. The highest BCUT2D eigenvalue weighted by atomic mass is 32.1. The van der Waals surface area contributed by atoms with E-state index in [1.165, 1.54) is 22.7 Å². The van der Waals surface area contributed by atoms with Crippen LogP contribution in [-0.2, 0) is 11.2 Å². The van der Waals surface area contributed by atoms with E-state index in [4.69, 9.17) is 0 Å². The Labute approximate surface area is 144 Å². The third-order valence-electron chi connectivity index (χ3n) is 4.08. The number of nitrogens with one attached hydrogen (secondary N) is 1. The second-order valence-electron chi connectivity index (χ2n) is 5.92. The number of fused-ring (bicyclic) bond motifs is 1. The summed E-state index contributed by atoms with van der Waals surface area (Å²) in [5, 5.41) is 3.59. The Morgan fingerprint density at radius 3 is 2.58 bits per heavy atom. The van der Waals surface area contributed by atoms with Gasteiger partial charge in [-0.2, -0.15) is 0 Å². The topological polar surface area (TPSA) is 51.1 Å². The number of benzene rings is 2. The minimum absolute atomic E-state index is 0.100. The van der Waals surface area contributed by atoms with E-state index in [1.807, 2.05) is 18.2 Å².